The Hall–Kier alpha value is -0.530. The van der Waals surface area contributed by atoms with Crippen molar-refractivity contribution in [3.05, 3.63) is 32.0 Å². The first kappa shape index (κ1) is 15.5. The van der Waals surface area contributed by atoms with Crippen LogP contribution in [-0.2, 0) is 14.2 Å². The van der Waals surface area contributed by atoms with E-state index >= 15 is 0 Å². The van der Waals surface area contributed by atoms with Crippen LogP contribution in [0.2, 0.25) is 0 Å². The van der Waals surface area contributed by atoms with Crippen LogP contribution in [0, 0.1) is 10.1 Å². The van der Waals surface area contributed by atoms with Crippen molar-refractivity contribution in [1.82, 2.24) is 0 Å². The van der Waals surface area contributed by atoms with Gasteiger partial charge in [0.15, 0.2) is 0 Å². The summed E-state index contributed by atoms with van der Waals surface area (Å²) < 4.78 is 15.1. The highest BCUT2D eigenvalue weighted by Crippen LogP contribution is 2.47. The zero-order chi connectivity index (χ0) is 14.1. The molecule has 1 aliphatic rings. The van der Waals surface area contributed by atoms with E-state index in [2.05, 4.69) is 0 Å². The van der Waals surface area contributed by atoms with Crippen molar-refractivity contribution in [2.75, 3.05) is 21.3 Å². The normalized spacial score (nSPS) is 26.9. The van der Waals surface area contributed by atoms with Crippen LogP contribution in [0.3, 0.4) is 0 Å². The maximum absolute atomic E-state index is 11.0. The molecule has 102 valence electrons. The predicted octanol–water partition coefficient (Wildman–Crippen LogP) is 2.42. The van der Waals surface area contributed by atoms with Gasteiger partial charge in [0, 0.05) is 20.3 Å². The molecule has 0 heterocycles. The summed E-state index contributed by atoms with van der Waals surface area (Å²) in [5.41, 5.74) is 0. The van der Waals surface area contributed by atoms with Crippen LogP contribution in [-0.4, -0.2) is 37.0 Å². The molecule has 0 aromatic carbocycles. The number of methoxy groups -OCH3 is 3. The van der Waals surface area contributed by atoms with E-state index < -0.39 is 15.7 Å². The highest BCUT2D eigenvalue weighted by Gasteiger charge is 2.57. The van der Waals surface area contributed by atoms with Crippen molar-refractivity contribution < 1.29 is 19.1 Å². The van der Waals surface area contributed by atoms with E-state index in [0.29, 0.717) is 0 Å². The number of rotatable bonds is 4. The van der Waals surface area contributed by atoms with Crippen LogP contribution in [0.4, 0.5) is 0 Å². The molecule has 0 saturated heterocycles. The number of nitro groups is 1. The number of hydrogen-bond donors (Lipinski definition) is 0. The molecule has 1 atom stereocenters. The fraction of sp³-hybridized carbons (Fsp3) is 0.556. The summed E-state index contributed by atoms with van der Waals surface area (Å²) in [7, 11) is 3.76. The smallest absolute Gasteiger partial charge is 0.373 e. The van der Waals surface area contributed by atoms with E-state index in [1.54, 1.807) is 0 Å². The van der Waals surface area contributed by atoms with Crippen LogP contribution in [0.5, 0.6) is 0 Å². The van der Waals surface area contributed by atoms with E-state index in [1.807, 2.05) is 0 Å². The number of nitrogens with zero attached hydrogens (tertiary/aromatic N) is 1. The highest BCUT2D eigenvalue weighted by atomic mass is 35.5. The van der Waals surface area contributed by atoms with Crippen molar-refractivity contribution in [3.8, 4) is 0 Å². The summed E-state index contributed by atoms with van der Waals surface area (Å²) in [5.74, 6) is -1.97. The van der Waals surface area contributed by atoms with Gasteiger partial charge < -0.3 is 14.2 Å². The summed E-state index contributed by atoms with van der Waals surface area (Å²) in [4.78, 5) is 8.06. The van der Waals surface area contributed by atoms with Gasteiger partial charge in [0.25, 0.3) is 0 Å². The van der Waals surface area contributed by atoms with E-state index in [0.717, 1.165) is 6.08 Å². The van der Waals surface area contributed by atoms with Gasteiger partial charge in [-0.1, -0.05) is 23.2 Å². The van der Waals surface area contributed by atoms with Crippen molar-refractivity contribution >= 4 is 34.8 Å². The predicted molar refractivity (Wildman–Crippen MR) is 66.2 cm³/mol. The second-order valence-electron chi connectivity index (χ2n) is 3.29. The third-order valence-electron chi connectivity index (χ3n) is 2.48. The minimum Gasteiger partial charge on any atom is -0.491 e. The average molecular weight is 319 g/mol. The topological polar surface area (TPSA) is 70.8 Å². The average Bonchev–Trinajstić information content (AvgIpc) is 2.30. The van der Waals surface area contributed by atoms with E-state index in [1.165, 1.54) is 21.3 Å². The Morgan fingerprint density at radius 3 is 2.11 bits per heavy atom. The van der Waals surface area contributed by atoms with Gasteiger partial charge in [-0.3, -0.25) is 10.1 Å². The Bertz CT molecular complexity index is 432. The first-order valence-electron chi connectivity index (χ1n) is 4.57. The van der Waals surface area contributed by atoms with Crippen molar-refractivity contribution in [2.24, 2.45) is 0 Å². The maximum Gasteiger partial charge on any atom is 0.373 e. The molecular weight excluding hydrogens is 308 g/mol. The van der Waals surface area contributed by atoms with E-state index in [9.17, 15) is 10.1 Å². The first-order valence-corrected chi connectivity index (χ1v) is 5.70. The standard InChI is InChI=1S/C9H10Cl3NO5/c1-16-7-6(11)9(17-2,18-3)5(10)4-8(7,12)13(14)15/h4H,1-3H3. The quantitative estimate of drug-likeness (QED) is 0.262. The van der Waals surface area contributed by atoms with Crippen LogP contribution < -0.4 is 0 Å². The minimum atomic E-state index is -2.19. The Kier molecular flexibility index (Phi) is 4.51. The lowest BCUT2D eigenvalue weighted by molar-refractivity contribution is -0.522. The van der Waals surface area contributed by atoms with Crippen LogP contribution >= 0.6 is 34.8 Å². The first-order chi connectivity index (χ1) is 8.30. The number of alkyl halides is 1. The molecule has 6 nitrogen and oxygen atoms in total. The van der Waals surface area contributed by atoms with Crippen LogP contribution in [0.25, 0.3) is 0 Å². The SMILES string of the molecule is COC1=C(Cl)C(OC)(OC)C(Cl)=CC1(Cl)[N+](=O)[O-]. The molecule has 0 amide bonds. The van der Waals surface area contributed by atoms with Crippen molar-refractivity contribution in [2.45, 2.75) is 10.8 Å². The molecule has 0 spiro atoms. The molecule has 0 fully saturated rings. The molecule has 1 rings (SSSR count). The third kappa shape index (κ3) is 1.98. The lowest BCUT2D eigenvalue weighted by Crippen LogP contribution is -2.46. The van der Waals surface area contributed by atoms with Crippen LogP contribution in [0.15, 0.2) is 21.9 Å². The van der Waals surface area contributed by atoms with Gasteiger partial charge >= 0.3 is 5.00 Å². The van der Waals surface area contributed by atoms with Crippen molar-refractivity contribution in [1.29, 1.82) is 0 Å². The molecule has 0 radical (unpaired) electrons. The molecule has 0 aliphatic heterocycles. The second-order valence-corrected chi connectivity index (χ2v) is 4.66. The Morgan fingerprint density at radius 2 is 1.78 bits per heavy atom. The molecule has 0 N–H and O–H groups in total. The monoisotopic (exact) mass is 317 g/mol. The molecular formula is C9H10Cl3NO5. The maximum atomic E-state index is 11.0. The minimum absolute atomic E-state index is 0.162. The van der Waals surface area contributed by atoms with Gasteiger partial charge in [0.05, 0.1) is 17.1 Å². The zero-order valence-corrected chi connectivity index (χ0v) is 12.0. The van der Waals surface area contributed by atoms with Gasteiger partial charge in [-0.15, -0.1) is 0 Å². The van der Waals surface area contributed by atoms with Gasteiger partial charge in [-0.25, -0.2) is 0 Å². The fourth-order valence-electron chi connectivity index (χ4n) is 1.56. The largest absolute Gasteiger partial charge is 0.491 e. The lowest BCUT2D eigenvalue weighted by atomic mass is 10.0. The molecule has 9 heteroatoms. The fourth-order valence-corrected chi connectivity index (χ4v) is 2.88. The van der Waals surface area contributed by atoms with Gasteiger partial charge in [-0.05, 0) is 11.6 Å². The van der Waals surface area contributed by atoms with E-state index in [-0.39, 0.29) is 15.8 Å². The Balaban J connectivity index is 3.55. The number of halogens is 3. The van der Waals surface area contributed by atoms with E-state index in [4.69, 9.17) is 49.0 Å². The molecule has 0 bridgehead atoms. The summed E-state index contributed by atoms with van der Waals surface area (Å²) >= 11 is 17.8. The lowest BCUT2D eigenvalue weighted by Gasteiger charge is -2.35. The van der Waals surface area contributed by atoms with Gasteiger partial charge in [0.2, 0.25) is 11.5 Å². The third-order valence-corrected chi connectivity index (χ3v) is 3.68. The molecule has 1 unspecified atom stereocenters. The van der Waals surface area contributed by atoms with Gasteiger partial charge in [-0.2, -0.15) is 0 Å². The molecule has 0 aromatic heterocycles. The summed E-state index contributed by atoms with van der Waals surface area (Å²) in [5, 5.41) is 10.6. The molecule has 0 saturated carbocycles. The summed E-state index contributed by atoms with van der Waals surface area (Å²) in [6, 6.07) is 0. The Labute approximate surface area is 118 Å². The van der Waals surface area contributed by atoms with Gasteiger partial charge in [0.1, 0.15) is 5.03 Å². The van der Waals surface area contributed by atoms with Crippen molar-refractivity contribution in [3.63, 3.8) is 0 Å². The molecule has 18 heavy (non-hydrogen) atoms. The van der Waals surface area contributed by atoms with Crippen LogP contribution in [0.1, 0.15) is 0 Å². The second kappa shape index (κ2) is 5.22. The Morgan fingerprint density at radius 1 is 1.28 bits per heavy atom. The summed E-state index contributed by atoms with van der Waals surface area (Å²) in [6.07, 6.45) is 0.952. The molecule has 0 aromatic rings. The molecule has 1 aliphatic carbocycles. The number of ether oxygens (including phenoxy) is 3. The summed E-state index contributed by atoms with van der Waals surface area (Å²) in [6.45, 7) is 0. The number of hydrogen-bond acceptors (Lipinski definition) is 5. The highest BCUT2D eigenvalue weighted by molar-refractivity contribution is 6.38. The zero-order valence-electron chi connectivity index (χ0n) is 9.70.